The summed E-state index contributed by atoms with van der Waals surface area (Å²) in [5.41, 5.74) is 8.02. The van der Waals surface area contributed by atoms with E-state index < -0.39 is 24.0 Å². The largest absolute Gasteiger partial charge is 0.384 e. The van der Waals surface area contributed by atoms with Crippen LogP contribution in [0.3, 0.4) is 0 Å². The van der Waals surface area contributed by atoms with Gasteiger partial charge in [-0.3, -0.25) is 19.4 Å². The maximum atomic E-state index is 12.9. The predicted molar refractivity (Wildman–Crippen MR) is 121 cm³/mol. The number of aliphatic imine (C=N–C) groups is 1. The minimum absolute atomic E-state index is 0.151. The van der Waals surface area contributed by atoms with Crippen molar-refractivity contribution in [3.05, 3.63) is 54.1 Å². The van der Waals surface area contributed by atoms with Crippen LogP contribution < -0.4 is 21.3 Å². The maximum absolute atomic E-state index is 12.9. The molecule has 0 spiro atoms. The standard InChI is InChI=1S/C22H25N5O5/c1-13(28)25-15-7-9-17(10-8-15)27-11-12-32-19(22(27)31)18(29)21(30)26-16-5-3-14(4-6-16)20(23)24-2/h3-10,18-19,29H,11-12H2,1-2H3,(H2,23,24)(H,25,28)(H,26,30). The van der Waals surface area contributed by atoms with Crippen molar-refractivity contribution in [3.8, 4) is 0 Å². The maximum Gasteiger partial charge on any atom is 0.259 e. The fourth-order valence-electron chi connectivity index (χ4n) is 3.22. The van der Waals surface area contributed by atoms with Crippen LogP contribution in [0.4, 0.5) is 17.1 Å². The molecule has 168 valence electrons. The van der Waals surface area contributed by atoms with Crippen LogP contribution in [0.5, 0.6) is 0 Å². The highest BCUT2D eigenvalue weighted by Crippen LogP contribution is 2.23. The molecule has 1 heterocycles. The van der Waals surface area contributed by atoms with Gasteiger partial charge >= 0.3 is 0 Å². The quantitative estimate of drug-likeness (QED) is 0.385. The summed E-state index contributed by atoms with van der Waals surface area (Å²) in [5.74, 6) is -1.15. The van der Waals surface area contributed by atoms with Crippen molar-refractivity contribution in [1.82, 2.24) is 0 Å². The predicted octanol–water partition coefficient (Wildman–Crippen LogP) is 0.711. The van der Waals surface area contributed by atoms with Gasteiger partial charge in [-0.15, -0.1) is 0 Å². The lowest BCUT2D eigenvalue weighted by Gasteiger charge is -2.34. The first-order valence-corrected chi connectivity index (χ1v) is 9.92. The molecule has 3 amide bonds. The summed E-state index contributed by atoms with van der Waals surface area (Å²) < 4.78 is 5.41. The van der Waals surface area contributed by atoms with E-state index >= 15 is 0 Å². The van der Waals surface area contributed by atoms with Gasteiger partial charge < -0.3 is 31.1 Å². The lowest BCUT2D eigenvalue weighted by atomic mass is 10.1. The number of hydrogen-bond acceptors (Lipinski definition) is 6. The van der Waals surface area contributed by atoms with Gasteiger partial charge in [-0.05, 0) is 48.5 Å². The van der Waals surface area contributed by atoms with Crippen molar-refractivity contribution < 1.29 is 24.2 Å². The third-order valence-electron chi connectivity index (χ3n) is 4.87. The molecule has 2 aromatic rings. The molecule has 2 aromatic carbocycles. The van der Waals surface area contributed by atoms with Crippen LogP contribution in [0, 0.1) is 0 Å². The molecule has 0 bridgehead atoms. The summed E-state index contributed by atoms with van der Waals surface area (Å²) in [6.07, 6.45) is -3.05. The highest BCUT2D eigenvalue weighted by molar-refractivity contribution is 6.04. The Hall–Kier alpha value is -3.76. The monoisotopic (exact) mass is 439 g/mol. The number of anilines is 3. The van der Waals surface area contributed by atoms with E-state index in [4.69, 9.17) is 10.5 Å². The summed E-state index contributed by atoms with van der Waals surface area (Å²) in [7, 11) is 1.57. The zero-order valence-electron chi connectivity index (χ0n) is 17.7. The van der Waals surface area contributed by atoms with Crippen molar-refractivity contribution in [2.45, 2.75) is 19.1 Å². The smallest absolute Gasteiger partial charge is 0.259 e. The van der Waals surface area contributed by atoms with Crippen LogP contribution in [0.25, 0.3) is 0 Å². The zero-order chi connectivity index (χ0) is 23.3. The number of carbonyl (C=O) groups is 3. The molecular formula is C22H25N5O5. The molecule has 0 radical (unpaired) electrons. The Labute approximate surface area is 185 Å². The second-order valence-corrected chi connectivity index (χ2v) is 7.13. The number of aliphatic hydroxyl groups is 1. The van der Waals surface area contributed by atoms with Gasteiger partial charge in [0.05, 0.1) is 6.61 Å². The van der Waals surface area contributed by atoms with Crippen LogP contribution in [0.1, 0.15) is 12.5 Å². The van der Waals surface area contributed by atoms with Crippen LogP contribution in [0.2, 0.25) is 0 Å². The summed E-state index contributed by atoms with van der Waals surface area (Å²) in [4.78, 5) is 41.9. The molecule has 10 nitrogen and oxygen atoms in total. The molecular weight excluding hydrogens is 414 g/mol. The summed E-state index contributed by atoms with van der Waals surface area (Å²) in [6.45, 7) is 1.82. The molecule has 10 heteroatoms. The van der Waals surface area contributed by atoms with E-state index in [2.05, 4.69) is 15.6 Å². The van der Waals surface area contributed by atoms with E-state index in [1.807, 2.05) is 0 Å². The van der Waals surface area contributed by atoms with E-state index in [0.29, 0.717) is 28.5 Å². The summed E-state index contributed by atoms with van der Waals surface area (Å²) in [6, 6.07) is 13.3. The Kier molecular flexibility index (Phi) is 7.18. The molecule has 0 aromatic heterocycles. The number of hydrogen-bond donors (Lipinski definition) is 4. The molecule has 1 saturated heterocycles. The fraction of sp³-hybridized carbons (Fsp3) is 0.273. The van der Waals surface area contributed by atoms with Gasteiger partial charge in [0.2, 0.25) is 5.91 Å². The van der Waals surface area contributed by atoms with Gasteiger partial charge in [-0.1, -0.05) is 0 Å². The first kappa shape index (κ1) is 22.9. The number of carbonyl (C=O) groups excluding carboxylic acids is 3. The van der Waals surface area contributed by atoms with Gasteiger partial charge in [0, 0.05) is 43.1 Å². The number of benzene rings is 2. The minimum atomic E-state index is -1.70. The summed E-state index contributed by atoms with van der Waals surface area (Å²) >= 11 is 0. The molecule has 32 heavy (non-hydrogen) atoms. The van der Waals surface area contributed by atoms with E-state index in [1.165, 1.54) is 11.8 Å². The molecule has 3 rings (SSSR count). The molecule has 2 atom stereocenters. The molecule has 1 fully saturated rings. The van der Waals surface area contributed by atoms with E-state index in [0.717, 1.165) is 0 Å². The van der Waals surface area contributed by atoms with Gasteiger partial charge in [0.25, 0.3) is 11.8 Å². The Morgan fingerprint density at radius 1 is 1.12 bits per heavy atom. The van der Waals surface area contributed by atoms with Crippen LogP contribution in [0.15, 0.2) is 53.5 Å². The first-order valence-electron chi connectivity index (χ1n) is 9.92. The molecule has 1 aliphatic heterocycles. The van der Waals surface area contributed by atoms with Crippen LogP contribution in [-0.2, 0) is 19.1 Å². The van der Waals surface area contributed by atoms with Crippen LogP contribution >= 0.6 is 0 Å². The Bertz CT molecular complexity index is 1020. The van der Waals surface area contributed by atoms with Crippen molar-refractivity contribution in [2.75, 3.05) is 35.7 Å². The third-order valence-corrected chi connectivity index (χ3v) is 4.87. The number of morpholine rings is 1. The third kappa shape index (κ3) is 5.29. The molecule has 1 aliphatic rings. The Morgan fingerprint density at radius 3 is 2.31 bits per heavy atom. The lowest BCUT2D eigenvalue weighted by molar-refractivity contribution is -0.150. The van der Waals surface area contributed by atoms with Gasteiger partial charge in [-0.2, -0.15) is 0 Å². The van der Waals surface area contributed by atoms with E-state index in [1.54, 1.807) is 55.6 Å². The number of nitrogens with one attached hydrogen (secondary N) is 2. The van der Waals surface area contributed by atoms with Gasteiger partial charge in [-0.25, -0.2) is 0 Å². The second-order valence-electron chi connectivity index (χ2n) is 7.13. The number of aliphatic hydroxyl groups excluding tert-OH is 1. The topological polar surface area (TPSA) is 146 Å². The van der Waals surface area contributed by atoms with E-state index in [-0.39, 0.29) is 19.1 Å². The molecule has 0 aliphatic carbocycles. The van der Waals surface area contributed by atoms with E-state index in [9.17, 15) is 19.5 Å². The summed E-state index contributed by atoms with van der Waals surface area (Å²) in [5, 5.41) is 15.7. The Balaban J connectivity index is 1.67. The molecule has 2 unspecified atom stereocenters. The Morgan fingerprint density at radius 2 is 1.72 bits per heavy atom. The number of nitrogens with zero attached hydrogens (tertiary/aromatic N) is 2. The average molecular weight is 439 g/mol. The number of nitrogens with two attached hydrogens (primary N) is 1. The fourth-order valence-corrected chi connectivity index (χ4v) is 3.22. The van der Waals surface area contributed by atoms with Gasteiger partial charge in [0.15, 0.2) is 12.2 Å². The number of ether oxygens (including phenoxy) is 1. The highest BCUT2D eigenvalue weighted by atomic mass is 16.5. The lowest BCUT2D eigenvalue weighted by Crippen LogP contribution is -2.55. The van der Waals surface area contributed by atoms with Crippen LogP contribution in [-0.4, -0.2) is 61.1 Å². The number of amides is 3. The molecule has 0 saturated carbocycles. The normalized spacial score (nSPS) is 17.6. The number of rotatable bonds is 6. The molecule has 5 N–H and O–H groups in total. The number of amidine groups is 1. The average Bonchev–Trinajstić information content (AvgIpc) is 2.79. The SMILES string of the molecule is CN=C(N)c1ccc(NC(=O)C(O)C2OCCN(c3ccc(NC(C)=O)cc3)C2=O)cc1. The van der Waals surface area contributed by atoms with Gasteiger partial charge in [0.1, 0.15) is 5.84 Å². The minimum Gasteiger partial charge on any atom is -0.384 e. The van der Waals surface area contributed by atoms with Crippen molar-refractivity contribution in [2.24, 2.45) is 10.7 Å². The van der Waals surface area contributed by atoms with Crippen molar-refractivity contribution in [3.63, 3.8) is 0 Å². The zero-order valence-corrected chi connectivity index (χ0v) is 17.7. The van der Waals surface area contributed by atoms with Crippen molar-refractivity contribution in [1.29, 1.82) is 0 Å². The highest BCUT2D eigenvalue weighted by Gasteiger charge is 2.39. The van der Waals surface area contributed by atoms with Crippen molar-refractivity contribution >= 4 is 40.6 Å². The second kappa shape index (κ2) is 10.0. The first-order chi connectivity index (χ1) is 15.3.